The van der Waals surface area contributed by atoms with Crippen LogP contribution in [-0.4, -0.2) is 14.3 Å². The van der Waals surface area contributed by atoms with Gasteiger partial charge in [0.25, 0.3) is 0 Å². The van der Waals surface area contributed by atoms with Gasteiger partial charge in [-0.15, -0.1) is 0 Å². The lowest BCUT2D eigenvalue weighted by Gasteiger charge is -1.95. The highest BCUT2D eigenvalue weighted by molar-refractivity contribution is 8.00. The number of aryl methyl sites for hydroxylation is 1. The molecule has 6 heteroatoms. The van der Waals surface area contributed by atoms with Crippen LogP contribution in [0, 0.1) is 11.3 Å². The number of hydrogen-bond donors (Lipinski definition) is 0. The maximum Gasteiger partial charge on any atom is 0.176 e. The Bertz CT molecular complexity index is 512. The van der Waals surface area contributed by atoms with Gasteiger partial charge in [-0.3, -0.25) is 0 Å². The lowest BCUT2D eigenvalue weighted by Crippen LogP contribution is -1.83. The normalized spacial score (nSPS) is 10.0. The minimum Gasteiger partial charge on any atom is -0.248 e. The van der Waals surface area contributed by atoms with Crippen molar-refractivity contribution < 1.29 is 0 Å². The Morgan fingerprint density at radius 3 is 2.94 bits per heavy atom. The van der Waals surface area contributed by atoms with E-state index in [0.717, 1.165) is 21.6 Å². The first-order valence-electron chi connectivity index (χ1n) is 4.68. The van der Waals surface area contributed by atoms with Crippen molar-refractivity contribution in [3.63, 3.8) is 0 Å². The lowest BCUT2D eigenvalue weighted by molar-refractivity contribution is 0.970. The van der Waals surface area contributed by atoms with Crippen LogP contribution < -0.4 is 0 Å². The summed E-state index contributed by atoms with van der Waals surface area (Å²) in [6.07, 6.45) is 2.40. The van der Waals surface area contributed by atoms with Crippen LogP contribution in [0.3, 0.4) is 0 Å². The third-order valence-electron chi connectivity index (χ3n) is 1.82. The van der Waals surface area contributed by atoms with Crippen molar-refractivity contribution in [2.45, 2.75) is 22.7 Å². The van der Waals surface area contributed by atoms with E-state index in [1.807, 2.05) is 19.1 Å². The van der Waals surface area contributed by atoms with Gasteiger partial charge in [0.2, 0.25) is 0 Å². The maximum atomic E-state index is 8.64. The van der Waals surface area contributed by atoms with Gasteiger partial charge in [-0.25, -0.2) is 9.97 Å². The fraction of sp³-hybridized carbons (Fsp3) is 0.200. The Morgan fingerprint density at radius 2 is 2.38 bits per heavy atom. The van der Waals surface area contributed by atoms with Crippen LogP contribution in [0.2, 0.25) is 0 Å². The number of nitrogens with zero attached hydrogens (tertiary/aromatic N) is 4. The molecular weight excluding hydrogens is 240 g/mol. The van der Waals surface area contributed by atoms with Gasteiger partial charge in [0.15, 0.2) is 4.34 Å². The molecule has 0 aliphatic rings. The number of aromatic nitrogens is 3. The van der Waals surface area contributed by atoms with Crippen LogP contribution in [0.25, 0.3) is 0 Å². The van der Waals surface area contributed by atoms with E-state index in [9.17, 15) is 0 Å². The Labute approximate surface area is 102 Å². The average molecular weight is 248 g/mol. The summed E-state index contributed by atoms with van der Waals surface area (Å²) in [5.41, 5.74) is 0.566. The van der Waals surface area contributed by atoms with E-state index >= 15 is 0 Å². The van der Waals surface area contributed by atoms with Crippen LogP contribution in [0.4, 0.5) is 0 Å². The minimum absolute atomic E-state index is 0.566. The molecule has 0 aromatic carbocycles. The molecule has 0 atom stereocenters. The molecule has 0 aliphatic heterocycles. The number of rotatable bonds is 3. The van der Waals surface area contributed by atoms with E-state index < -0.39 is 0 Å². The molecule has 0 saturated heterocycles. The second kappa shape index (κ2) is 5.05. The van der Waals surface area contributed by atoms with E-state index in [1.165, 1.54) is 23.3 Å². The fourth-order valence-electron chi connectivity index (χ4n) is 1.02. The van der Waals surface area contributed by atoms with Gasteiger partial charge >= 0.3 is 0 Å². The molecule has 2 aromatic rings. The third-order valence-corrected chi connectivity index (χ3v) is 3.56. The van der Waals surface area contributed by atoms with Gasteiger partial charge < -0.3 is 0 Å². The first-order valence-corrected chi connectivity index (χ1v) is 6.27. The van der Waals surface area contributed by atoms with Crippen molar-refractivity contribution in [2.24, 2.45) is 0 Å². The monoisotopic (exact) mass is 248 g/mol. The highest BCUT2D eigenvalue weighted by Gasteiger charge is 2.05. The van der Waals surface area contributed by atoms with Gasteiger partial charge in [0.1, 0.15) is 16.9 Å². The Hall–Kier alpha value is -1.45. The predicted octanol–water partition coefficient (Wildman–Crippen LogP) is 2.52. The van der Waals surface area contributed by atoms with Crippen molar-refractivity contribution in [2.75, 3.05) is 0 Å². The lowest BCUT2D eigenvalue weighted by atomic mass is 10.3. The highest BCUT2D eigenvalue weighted by Crippen LogP contribution is 2.27. The molecule has 0 fully saturated rings. The molecule has 0 aliphatic carbocycles. The largest absolute Gasteiger partial charge is 0.248 e. The molecular formula is C10H8N4S2. The summed E-state index contributed by atoms with van der Waals surface area (Å²) in [6.45, 7) is 2.02. The summed E-state index contributed by atoms with van der Waals surface area (Å²) in [6, 6.07) is 5.60. The van der Waals surface area contributed by atoms with Crippen LogP contribution >= 0.6 is 23.3 Å². The van der Waals surface area contributed by atoms with E-state index in [4.69, 9.17) is 5.26 Å². The Morgan fingerprint density at radius 1 is 1.50 bits per heavy atom. The maximum absolute atomic E-state index is 8.64. The molecule has 0 N–H and O–H groups in total. The van der Waals surface area contributed by atoms with Gasteiger partial charge in [-0.05, 0) is 35.4 Å². The van der Waals surface area contributed by atoms with Crippen molar-refractivity contribution in [3.8, 4) is 6.07 Å². The molecule has 2 aromatic heterocycles. The van der Waals surface area contributed by atoms with E-state index in [1.54, 1.807) is 12.3 Å². The predicted molar refractivity (Wildman–Crippen MR) is 62.4 cm³/mol. The van der Waals surface area contributed by atoms with Gasteiger partial charge in [0, 0.05) is 12.6 Å². The topological polar surface area (TPSA) is 62.5 Å². The zero-order chi connectivity index (χ0) is 11.4. The molecule has 2 heterocycles. The molecule has 0 saturated carbocycles. The van der Waals surface area contributed by atoms with Gasteiger partial charge in [-0.2, -0.15) is 9.64 Å². The zero-order valence-corrected chi connectivity index (χ0v) is 10.2. The van der Waals surface area contributed by atoms with E-state index in [2.05, 4.69) is 14.3 Å². The number of pyridine rings is 1. The smallest absolute Gasteiger partial charge is 0.176 e. The van der Waals surface area contributed by atoms with Crippen LogP contribution in [0.15, 0.2) is 27.7 Å². The molecule has 0 amide bonds. The van der Waals surface area contributed by atoms with Crippen LogP contribution in [-0.2, 0) is 6.42 Å². The SMILES string of the molecule is CCc1nsc(Sc2ccc(C#N)cn2)n1. The molecule has 0 bridgehead atoms. The quantitative estimate of drug-likeness (QED) is 0.835. The fourth-order valence-corrected chi connectivity index (χ4v) is 2.61. The summed E-state index contributed by atoms with van der Waals surface area (Å²) >= 11 is 2.84. The summed E-state index contributed by atoms with van der Waals surface area (Å²) in [5.74, 6) is 0.862. The minimum atomic E-state index is 0.566. The summed E-state index contributed by atoms with van der Waals surface area (Å²) in [4.78, 5) is 8.49. The molecule has 0 unspecified atom stereocenters. The number of nitriles is 1. The number of hydrogen-bond acceptors (Lipinski definition) is 6. The summed E-state index contributed by atoms with van der Waals surface area (Å²) in [7, 11) is 0. The average Bonchev–Trinajstić information content (AvgIpc) is 2.78. The van der Waals surface area contributed by atoms with Crippen molar-refractivity contribution in [1.29, 1.82) is 5.26 Å². The first-order chi connectivity index (χ1) is 7.81. The van der Waals surface area contributed by atoms with Crippen molar-refractivity contribution in [1.82, 2.24) is 14.3 Å². The zero-order valence-electron chi connectivity index (χ0n) is 8.54. The van der Waals surface area contributed by atoms with Gasteiger partial charge in [-0.1, -0.05) is 6.92 Å². The third kappa shape index (κ3) is 2.56. The first kappa shape index (κ1) is 11.0. The van der Waals surface area contributed by atoms with Crippen LogP contribution in [0.5, 0.6) is 0 Å². The van der Waals surface area contributed by atoms with E-state index in [-0.39, 0.29) is 0 Å². The summed E-state index contributed by atoms with van der Waals surface area (Å²) in [5, 5.41) is 9.47. The summed E-state index contributed by atoms with van der Waals surface area (Å²) < 4.78 is 5.08. The van der Waals surface area contributed by atoms with E-state index in [0.29, 0.717) is 5.56 Å². The Balaban J connectivity index is 2.11. The molecule has 4 nitrogen and oxygen atoms in total. The molecule has 0 radical (unpaired) electrons. The molecule has 2 rings (SSSR count). The second-order valence-electron chi connectivity index (χ2n) is 2.93. The van der Waals surface area contributed by atoms with Gasteiger partial charge in [0.05, 0.1) is 5.56 Å². The van der Waals surface area contributed by atoms with Crippen LogP contribution in [0.1, 0.15) is 18.3 Å². The standard InChI is InChI=1S/C10H8N4S2/c1-2-8-13-10(16-14-8)15-9-4-3-7(5-11)6-12-9/h3-4,6H,2H2,1H3. The molecule has 16 heavy (non-hydrogen) atoms. The Kier molecular flexibility index (Phi) is 3.49. The molecule has 0 spiro atoms. The van der Waals surface area contributed by atoms with Crippen molar-refractivity contribution in [3.05, 3.63) is 29.7 Å². The van der Waals surface area contributed by atoms with Crippen molar-refractivity contribution >= 4 is 23.3 Å². The second-order valence-corrected chi connectivity index (χ2v) is 4.95. The molecule has 80 valence electrons. The highest BCUT2D eigenvalue weighted by atomic mass is 32.2.